The van der Waals surface area contributed by atoms with E-state index in [1.165, 1.54) is 16.7 Å². The molecule has 3 aromatic rings. The van der Waals surface area contributed by atoms with Crippen molar-refractivity contribution in [2.24, 2.45) is 0 Å². The number of rotatable bonds is 8. The number of thiazole rings is 1. The highest BCUT2D eigenvalue weighted by Crippen LogP contribution is 2.31. The van der Waals surface area contributed by atoms with Crippen LogP contribution in [0.5, 0.6) is 5.75 Å². The first-order valence-corrected chi connectivity index (χ1v) is 12.4. The van der Waals surface area contributed by atoms with Crippen LogP contribution in [0, 0.1) is 13.8 Å². The van der Waals surface area contributed by atoms with E-state index < -0.39 is 0 Å². The molecule has 2 heterocycles. The van der Waals surface area contributed by atoms with Crippen LogP contribution in [0.25, 0.3) is 10.2 Å². The summed E-state index contributed by atoms with van der Waals surface area (Å²) in [7, 11) is 0. The molecule has 0 unspecified atom stereocenters. The number of morpholine rings is 1. The maximum absolute atomic E-state index is 13.3. The van der Waals surface area contributed by atoms with Crippen LogP contribution in [0.15, 0.2) is 36.4 Å². The van der Waals surface area contributed by atoms with Crippen LogP contribution >= 0.6 is 11.3 Å². The third kappa shape index (κ3) is 5.91. The second-order valence-electron chi connectivity index (χ2n) is 8.91. The fourth-order valence-electron chi connectivity index (χ4n) is 3.85. The summed E-state index contributed by atoms with van der Waals surface area (Å²) >= 11 is 1.57. The van der Waals surface area contributed by atoms with Gasteiger partial charge in [-0.1, -0.05) is 37.3 Å². The van der Waals surface area contributed by atoms with E-state index in [0.717, 1.165) is 48.2 Å². The van der Waals surface area contributed by atoms with Gasteiger partial charge in [-0.2, -0.15) is 0 Å². The first kappa shape index (κ1) is 23.7. The number of ether oxygens (including phenoxy) is 2. The van der Waals surface area contributed by atoms with E-state index in [1.54, 1.807) is 16.2 Å². The number of nitrogens with zero attached hydrogens (tertiary/aromatic N) is 3. The van der Waals surface area contributed by atoms with Crippen LogP contribution in [-0.2, 0) is 9.53 Å². The first-order valence-electron chi connectivity index (χ1n) is 11.6. The second kappa shape index (κ2) is 10.6. The number of benzene rings is 2. The van der Waals surface area contributed by atoms with Gasteiger partial charge in [-0.05, 0) is 60.7 Å². The molecule has 1 aliphatic heterocycles. The van der Waals surface area contributed by atoms with Crippen molar-refractivity contribution in [1.82, 2.24) is 9.88 Å². The van der Waals surface area contributed by atoms with E-state index >= 15 is 0 Å². The summed E-state index contributed by atoms with van der Waals surface area (Å²) in [5.41, 5.74) is 4.63. The minimum absolute atomic E-state index is 0.0158. The number of aromatic nitrogens is 1. The monoisotopic (exact) mass is 467 g/mol. The summed E-state index contributed by atoms with van der Waals surface area (Å²) in [5, 5.41) is 0.729. The minimum Gasteiger partial charge on any atom is -0.484 e. The van der Waals surface area contributed by atoms with Crippen molar-refractivity contribution in [2.45, 2.75) is 33.6 Å². The van der Waals surface area contributed by atoms with Crippen molar-refractivity contribution < 1.29 is 14.3 Å². The van der Waals surface area contributed by atoms with Gasteiger partial charge in [0.05, 0.1) is 23.4 Å². The highest BCUT2D eigenvalue weighted by molar-refractivity contribution is 7.22. The van der Waals surface area contributed by atoms with Gasteiger partial charge in [0.15, 0.2) is 11.7 Å². The molecule has 0 aliphatic carbocycles. The van der Waals surface area contributed by atoms with Crippen LogP contribution in [0.3, 0.4) is 0 Å². The highest BCUT2D eigenvalue weighted by Gasteiger charge is 2.22. The van der Waals surface area contributed by atoms with Gasteiger partial charge in [-0.15, -0.1) is 0 Å². The molecular formula is C26H33N3O3S. The van der Waals surface area contributed by atoms with Gasteiger partial charge >= 0.3 is 0 Å². The lowest BCUT2D eigenvalue weighted by Crippen LogP contribution is -2.44. The Hall–Kier alpha value is -2.48. The molecular weight excluding hydrogens is 434 g/mol. The number of carbonyl (C=O) groups excluding carboxylic acids is 1. The predicted octanol–water partition coefficient (Wildman–Crippen LogP) is 4.78. The Bertz CT molecular complexity index is 1050. The van der Waals surface area contributed by atoms with Gasteiger partial charge in [0.2, 0.25) is 0 Å². The molecule has 33 heavy (non-hydrogen) atoms. The number of amides is 1. The lowest BCUT2D eigenvalue weighted by atomic mass is 10.0. The average Bonchev–Trinajstić information content (AvgIpc) is 3.21. The molecule has 0 atom stereocenters. The van der Waals surface area contributed by atoms with Crippen molar-refractivity contribution in [2.75, 3.05) is 50.9 Å². The van der Waals surface area contributed by atoms with Crippen molar-refractivity contribution >= 4 is 32.6 Å². The van der Waals surface area contributed by atoms with Crippen LogP contribution < -0.4 is 9.64 Å². The van der Waals surface area contributed by atoms with Gasteiger partial charge in [-0.3, -0.25) is 14.6 Å². The summed E-state index contributed by atoms with van der Waals surface area (Å²) in [6, 6.07) is 12.2. The summed E-state index contributed by atoms with van der Waals surface area (Å²) in [5.74, 6) is 1.09. The van der Waals surface area contributed by atoms with Crippen LogP contribution in [0.4, 0.5) is 5.13 Å². The number of hydrogen-bond donors (Lipinski definition) is 0. The second-order valence-corrected chi connectivity index (χ2v) is 9.92. The summed E-state index contributed by atoms with van der Waals surface area (Å²) in [4.78, 5) is 22.2. The maximum atomic E-state index is 13.3. The Morgan fingerprint density at radius 1 is 1.15 bits per heavy atom. The zero-order valence-corrected chi connectivity index (χ0v) is 20.8. The molecule has 6 nitrogen and oxygen atoms in total. The molecule has 1 fully saturated rings. The largest absolute Gasteiger partial charge is 0.484 e. The van der Waals surface area contributed by atoms with Gasteiger partial charge in [0, 0.05) is 26.2 Å². The van der Waals surface area contributed by atoms with E-state index in [1.807, 2.05) is 12.1 Å². The van der Waals surface area contributed by atoms with Gasteiger partial charge in [-0.25, -0.2) is 4.98 Å². The molecule has 4 rings (SSSR count). The maximum Gasteiger partial charge on any atom is 0.266 e. The molecule has 0 saturated carbocycles. The molecule has 1 saturated heterocycles. The van der Waals surface area contributed by atoms with Crippen molar-refractivity contribution in [1.29, 1.82) is 0 Å². The lowest BCUT2D eigenvalue weighted by Gasteiger charge is -2.29. The number of anilines is 1. The molecule has 1 aliphatic rings. The Labute approximate surface area is 200 Å². The van der Waals surface area contributed by atoms with Crippen LogP contribution in [0.2, 0.25) is 0 Å². The Kier molecular flexibility index (Phi) is 7.63. The van der Waals surface area contributed by atoms with Crippen LogP contribution in [0.1, 0.15) is 36.5 Å². The van der Waals surface area contributed by atoms with Crippen LogP contribution in [-0.4, -0.2) is 61.8 Å². The molecule has 0 N–H and O–H groups in total. The van der Waals surface area contributed by atoms with E-state index in [-0.39, 0.29) is 12.5 Å². The number of aryl methyl sites for hydroxylation is 2. The zero-order valence-electron chi connectivity index (χ0n) is 20.0. The molecule has 176 valence electrons. The molecule has 2 aromatic carbocycles. The van der Waals surface area contributed by atoms with E-state index in [4.69, 9.17) is 14.5 Å². The molecule has 0 radical (unpaired) electrons. The van der Waals surface area contributed by atoms with Gasteiger partial charge in [0.25, 0.3) is 5.91 Å². The summed E-state index contributed by atoms with van der Waals surface area (Å²) in [6.07, 6.45) is 0. The van der Waals surface area contributed by atoms with E-state index in [0.29, 0.717) is 18.2 Å². The van der Waals surface area contributed by atoms with Gasteiger partial charge in [0.1, 0.15) is 5.75 Å². The minimum atomic E-state index is -0.0799. The quantitative estimate of drug-likeness (QED) is 0.477. The normalized spacial score (nSPS) is 14.7. The van der Waals surface area contributed by atoms with Crippen molar-refractivity contribution in [3.63, 3.8) is 0 Å². The molecule has 1 amide bonds. The number of fused-ring (bicyclic) bond motifs is 1. The first-order chi connectivity index (χ1) is 15.9. The Morgan fingerprint density at radius 3 is 2.55 bits per heavy atom. The molecule has 7 heteroatoms. The molecule has 1 aromatic heterocycles. The van der Waals surface area contributed by atoms with Crippen molar-refractivity contribution in [3.8, 4) is 5.75 Å². The van der Waals surface area contributed by atoms with Gasteiger partial charge < -0.3 is 9.47 Å². The standard InChI is InChI=1S/C26H33N3O3S/c1-18(2)21-5-7-22(8-6-21)32-17-25(30)29(10-9-28-11-13-31-14-12-28)26-27-23-15-19(3)20(4)16-24(23)33-26/h5-8,15-16,18H,9-14,17H2,1-4H3. The van der Waals surface area contributed by atoms with Crippen molar-refractivity contribution in [3.05, 3.63) is 53.1 Å². The third-order valence-electron chi connectivity index (χ3n) is 6.18. The zero-order chi connectivity index (χ0) is 23.4. The molecule has 0 bridgehead atoms. The smallest absolute Gasteiger partial charge is 0.266 e. The number of carbonyl (C=O) groups is 1. The van der Waals surface area contributed by atoms with E-state index in [2.05, 4.69) is 56.9 Å². The fourth-order valence-corrected chi connectivity index (χ4v) is 4.94. The molecule has 0 spiro atoms. The average molecular weight is 468 g/mol. The third-order valence-corrected chi connectivity index (χ3v) is 7.22. The lowest BCUT2D eigenvalue weighted by molar-refractivity contribution is -0.120. The number of hydrogen-bond acceptors (Lipinski definition) is 6. The highest BCUT2D eigenvalue weighted by atomic mass is 32.1. The summed E-state index contributed by atoms with van der Waals surface area (Å²) < 4.78 is 12.4. The predicted molar refractivity (Wildman–Crippen MR) is 135 cm³/mol. The van der Waals surface area contributed by atoms with E-state index in [9.17, 15) is 4.79 Å². The Balaban J connectivity index is 1.50. The Morgan fingerprint density at radius 2 is 1.85 bits per heavy atom. The summed E-state index contributed by atoms with van der Waals surface area (Å²) in [6.45, 7) is 13.1. The SMILES string of the molecule is Cc1cc2nc(N(CCN3CCOCC3)C(=O)COc3ccc(C(C)C)cc3)sc2cc1C. The topological polar surface area (TPSA) is 54.9 Å². The fraction of sp³-hybridized carbons (Fsp3) is 0.462.